The molecule has 2 rings (SSSR count). The van der Waals surface area contributed by atoms with E-state index < -0.39 is 11.8 Å². The van der Waals surface area contributed by atoms with Crippen LogP contribution in [-0.4, -0.2) is 16.9 Å². The molecule has 0 unspecified atom stereocenters. The quantitative estimate of drug-likeness (QED) is 0.847. The number of carbonyl (C=O) groups is 2. The number of furan rings is 1. The van der Waals surface area contributed by atoms with E-state index in [2.05, 4.69) is 15.9 Å². The van der Waals surface area contributed by atoms with Gasteiger partial charge in [-0.1, -0.05) is 15.9 Å². The largest absolute Gasteiger partial charge is 0.481 e. The summed E-state index contributed by atoms with van der Waals surface area (Å²) in [5, 5.41) is 9.18. The van der Waals surface area contributed by atoms with Crippen LogP contribution in [0.1, 0.15) is 23.4 Å². The van der Waals surface area contributed by atoms with Gasteiger partial charge in [-0.25, -0.2) is 0 Å². The zero-order valence-corrected chi connectivity index (χ0v) is 10.9. The summed E-state index contributed by atoms with van der Waals surface area (Å²) in [5.41, 5.74) is 6.59. The van der Waals surface area contributed by atoms with E-state index in [0.29, 0.717) is 11.0 Å². The van der Waals surface area contributed by atoms with Gasteiger partial charge in [0.2, 0.25) is 5.78 Å². The highest BCUT2D eigenvalue weighted by Gasteiger charge is 2.19. The van der Waals surface area contributed by atoms with Crippen molar-refractivity contribution in [2.75, 3.05) is 5.73 Å². The van der Waals surface area contributed by atoms with Crippen molar-refractivity contribution in [3.63, 3.8) is 0 Å². The maximum absolute atomic E-state index is 11.8. The van der Waals surface area contributed by atoms with Crippen molar-refractivity contribution in [2.45, 2.75) is 12.8 Å². The molecule has 18 heavy (non-hydrogen) atoms. The molecular weight excluding hydrogens is 302 g/mol. The summed E-state index contributed by atoms with van der Waals surface area (Å²) in [6, 6.07) is 5.22. The lowest BCUT2D eigenvalue weighted by Gasteiger charge is -1.95. The fourth-order valence-corrected chi connectivity index (χ4v) is 1.99. The highest BCUT2D eigenvalue weighted by Crippen LogP contribution is 2.31. The van der Waals surface area contributed by atoms with E-state index in [0.717, 1.165) is 4.47 Å². The molecule has 0 atom stereocenters. The summed E-state index contributed by atoms with van der Waals surface area (Å²) >= 11 is 3.30. The monoisotopic (exact) mass is 311 g/mol. The van der Waals surface area contributed by atoms with Crippen LogP contribution < -0.4 is 5.73 Å². The van der Waals surface area contributed by atoms with Gasteiger partial charge in [-0.15, -0.1) is 0 Å². The van der Waals surface area contributed by atoms with Crippen molar-refractivity contribution in [3.05, 3.63) is 28.4 Å². The van der Waals surface area contributed by atoms with Crippen LogP contribution in [-0.2, 0) is 4.79 Å². The summed E-state index contributed by atoms with van der Waals surface area (Å²) in [6.07, 6.45) is -0.362. The second-order valence-electron chi connectivity index (χ2n) is 3.80. The number of halogens is 1. The normalized spacial score (nSPS) is 10.7. The minimum atomic E-state index is -1.03. The van der Waals surface area contributed by atoms with Crippen LogP contribution in [0.15, 0.2) is 27.1 Å². The van der Waals surface area contributed by atoms with Crippen molar-refractivity contribution in [2.24, 2.45) is 0 Å². The van der Waals surface area contributed by atoms with E-state index in [1.54, 1.807) is 18.2 Å². The molecule has 6 heteroatoms. The van der Waals surface area contributed by atoms with Gasteiger partial charge in [0.25, 0.3) is 0 Å². The molecule has 2 aromatic rings. The maximum Gasteiger partial charge on any atom is 0.303 e. The fourth-order valence-electron chi connectivity index (χ4n) is 1.63. The minimum absolute atomic E-state index is 0.0318. The molecule has 0 aliphatic rings. The third-order valence-corrected chi connectivity index (χ3v) is 3.00. The van der Waals surface area contributed by atoms with Gasteiger partial charge in [0.1, 0.15) is 5.58 Å². The lowest BCUT2D eigenvalue weighted by Crippen LogP contribution is -2.04. The molecule has 1 aromatic carbocycles. The number of fused-ring (bicyclic) bond motifs is 1. The van der Waals surface area contributed by atoms with Crippen LogP contribution in [0.4, 0.5) is 5.69 Å². The third kappa shape index (κ3) is 2.38. The molecule has 1 aromatic heterocycles. The lowest BCUT2D eigenvalue weighted by atomic mass is 10.1. The first-order chi connectivity index (χ1) is 8.49. The number of rotatable bonds is 4. The molecule has 94 valence electrons. The Bertz CT molecular complexity index is 632. The van der Waals surface area contributed by atoms with Gasteiger partial charge in [0.15, 0.2) is 5.76 Å². The number of benzene rings is 1. The second-order valence-corrected chi connectivity index (χ2v) is 4.72. The van der Waals surface area contributed by atoms with Crippen molar-refractivity contribution in [3.8, 4) is 0 Å². The topological polar surface area (TPSA) is 93.5 Å². The summed E-state index contributed by atoms with van der Waals surface area (Å²) in [4.78, 5) is 22.2. The van der Waals surface area contributed by atoms with Crippen molar-refractivity contribution < 1.29 is 19.1 Å². The number of carbonyl (C=O) groups excluding carboxylic acids is 1. The molecule has 0 spiro atoms. The molecule has 0 saturated carbocycles. The highest BCUT2D eigenvalue weighted by atomic mass is 79.9. The number of anilines is 1. The molecule has 0 saturated heterocycles. The fraction of sp³-hybridized carbons (Fsp3) is 0.167. The SMILES string of the molecule is Nc1c(C(=O)CCC(=O)O)oc2ccc(Br)cc12. The minimum Gasteiger partial charge on any atom is -0.481 e. The second kappa shape index (κ2) is 4.81. The molecule has 3 N–H and O–H groups in total. The molecule has 0 amide bonds. The van der Waals surface area contributed by atoms with Crippen LogP contribution in [0.2, 0.25) is 0 Å². The maximum atomic E-state index is 11.8. The van der Waals surface area contributed by atoms with Crippen LogP contribution >= 0.6 is 15.9 Å². The van der Waals surface area contributed by atoms with Crippen molar-refractivity contribution in [1.82, 2.24) is 0 Å². The molecule has 0 aliphatic carbocycles. The van der Waals surface area contributed by atoms with Crippen LogP contribution in [0.5, 0.6) is 0 Å². The number of carboxylic acid groups (broad SMARTS) is 1. The first kappa shape index (κ1) is 12.6. The predicted molar refractivity (Wildman–Crippen MR) is 69.5 cm³/mol. The lowest BCUT2D eigenvalue weighted by molar-refractivity contribution is -0.136. The molecular formula is C12H10BrNO4. The molecule has 1 heterocycles. The number of carboxylic acids is 1. The van der Waals surface area contributed by atoms with Crippen LogP contribution in [0.3, 0.4) is 0 Å². The van der Waals surface area contributed by atoms with Gasteiger partial charge in [-0.2, -0.15) is 0 Å². The van der Waals surface area contributed by atoms with Gasteiger partial charge in [-0.05, 0) is 18.2 Å². The number of ketones is 1. The summed E-state index contributed by atoms with van der Waals surface area (Å²) in [5.74, 6) is -1.40. The summed E-state index contributed by atoms with van der Waals surface area (Å²) in [7, 11) is 0. The van der Waals surface area contributed by atoms with Crippen molar-refractivity contribution >= 4 is 44.3 Å². The zero-order chi connectivity index (χ0) is 13.3. The Morgan fingerprint density at radius 1 is 1.33 bits per heavy atom. The Morgan fingerprint density at radius 3 is 2.72 bits per heavy atom. The number of nitrogen functional groups attached to an aromatic ring is 1. The Kier molecular flexibility index (Phi) is 3.38. The summed E-state index contributed by atoms with van der Waals surface area (Å²) < 4.78 is 6.19. The Morgan fingerprint density at radius 2 is 2.06 bits per heavy atom. The van der Waals surface area contributed by atoms with Gasteiger partial charge in [0.05, 0.1) is 12.1 Å². The predicted octanol–water partition coefficient (Wildman–Crippen LogP) is 2.83. The van der Waals surface area contributed by atoms with E-state index in [-0.39, 0.29) is 24.3 Å². The summed E-state index contributed by atoms with van der Waals surface area (Å²) in [6.45, 7) is 0. The molecule has 5 nitrogen and oxygen atoms in total. The number of Topliss-reactive ketones (excluding diaryl/α,β-unsaturated/α-hetero) is 1. The number of hydrogen-bond donors (Lipinski definition) is 2. The Balaban J connectivity index is 2.36. The highest BCUT2D eigenvalue weighted by molar-refractivity contribution is 9.10. The third-order valence-electron chi connectivity index (χ3n) is 2.51. The van der Waals surface area contributed by atoms with Crippen molar-refractivity contribution in [1.29, 1.82) is 0 Å². The number of aliphatic carboxylic acids is 1. The van der Waals surface area contributed by atoms with Gasteiger partial charge >= 0.3 is 5.97 Å². The molecule has 0 bridgehead atoms. The van der Waals surface area contributed by atoms with E-state index in [4.69, 9.17) is 15.3 Å². The van der Waals surface area contributed by atoms with Crippen LogP contribution in [0, 0.1) is 0 Å². The van der Waals surface area contributed by atoms with E-state index in [9.17, 15) is 9.59 Å². The van der Waals surface area contributed by atoms with E-state index in [1.807, 2.05) is 0 Å². The standard InChI is InChI=1S/C12H10BrNO4/c13-6-1-3-9-7(5-6)11(14)12(18-9)8(15)2-4-10(16)17/h1,3,5H,2,4,14H2,(H,16,17). The molecule has 0 radical (unpaired) electrons. The molecule has 0 aliphatic heterocycles. The average molecular weight is 312 g/mol. The smallest absolute Gasteiger partial charge is 0.303 e. The van der Waals surface area contributed by atoms with E-state index in [1.165, 1.54) is 0 Å². The Hall–Kier alpha value is -1.82. The number of nitrogens with two attached hydrogens (primary N) is 1. The molecule has 0 fully saturated rings. The van der Waals surface area contributed by atoms with E-state index >= 15 is 0 Å². The number of hydrogen-bond acceptors (Lipinski definition) is 4. The van der Waals surface area contributed by atoms with Gasteiger partial charge in [0, 0.05) is 16.3 Å². The first-order valence-electron chi connectivity index (χ1n) is 5.21. The van der Waals surface area contributed by atoms with Crippen LogP contribution in [0.25, 0.3) is 11.0 Å². The average Bonchev–Trinajstić information content (AvgIpc) is 2.64. The Labute approximate surface area is 111 Å². The zero-order valence-electron chi connectivity index (χ0n) is 9.27. The van der Waals surface area contributed by atoms with Gasteiger partial charge < -0.3 is 15.3 Å². The first-order valence-corrected chi connectivity index (χ1v) is 6.01. The van der Waals surface area contributed by atoms with Gasteiger partial charge in [-0.3, -0.25) is 9.59 Å².